The van der Waals surface area contributed by atoms with Gasteiger partial charge in [0.05, 0.1) is 27.4 Å². The van der Waals surface area contributed by atoms with E-state index < -0.39 is 6.17 Å². The van der Waals surface area contributed by atoms with E-state index in [2.05, 4.69) is 15.2 Å². The van der Waals surface area contributed by atoms with Crippen LogP contribution in [0.5, 0.6) is 11.5 Å². The normalized spacial score (nSPS) is 18.8. The van der Waals surface area contributed by atoms with Crippen LogP contribution in [-0.4, -0.2) is 60.9 Å². The molecule has 3 heterocycles. The molecule has 0 bridgehead atoms. The highest BCUT2D eigenvalue weighted by molar-refractivity contribution is 5.93. The second kappa shape index (κ2) is 7.51. The molecular formula is C19H23N5O4. The number of benzene rings is 1. The Labute approximate surface area is 162 Å². The van der Waals surface area contributed by atoms with E-state index in [4.69, 9.17) is 19.2 Å². The molecule has 1 fully saturated rings. The Morgan fingerprint density at radius 3 is 2.68 bits per heavy atom. The minimum absolute atomic E-state index is 0.186. The minimum Gasteiger partial charge on any atom is -0.497 e. The largest absolute Gasteiger partial charge is 0.497 e. The molecule has 1 atom stereocenters. The Kier molecular flexibility index (Phi) is 4.91. The Balaban J connectivity index is 1.88. The van der Waals surface area contributed by atoms with Gasteiger partial charge in [-0.1, -0.05) is 0 Å². The Bertz CT molecular complexity index is 965. The molecule has 0 aliphatic carbocycles. The maximum absolute atomic E-state index is 12.8. The molecule has 9 nitrogen and oxygen atoms in total. The Hall–Kier alpha value is -3.07. The number of nitrogens with zero attached hydrogens (tertiary/aromatic N) is 4. The lowest BCUT2D eigenvalue weighted by Crippen LogP contribution is -2.47. The summed E-state index contributed by atoms with van der Waals surface area (Å²) in [6.07, 6.45) is -0.625. The number of anilines is 1. The van der Waals surface area contributed by atoms with Crippen LogP contribution in [0.15, 0.2) is 34.1 Å². The van der Waals surface area contributed by atoms with Crippen molar-refractivity contribution in [1.29, 1.82) is 0 Å². The molecule has 28 heavy (non-hydrogen) atoms. The van der Waals surface area contributed by atoms with Gasteiger partial charge in [-0.25, -0.2) is 9.98 Å². The zero-order chi connectivity index (χ0) is 19.7. The van der Waals surface area contributed by atoms with Crippen LogP contribution in [0.3, 0.4) is 0 Å². The molecule has 0 saturated carbocycles. The monoisotopic (exact) mass is 385 g/mol. The quantitative estimate of drug-likeness (QED) is 0.850. The molecule has 0 amide bonds. The molecule has 2 aliphatic rings. The van der Waals surface area contributed by atoms with Crippen LogP contribution in [0.2, 0.25) is 0 Å². The van der Waals surface area contributed by atoms with E-state index >= 15 is 0 Å². The van der Waals surface area contributed by atoms with Crippen LogP contribution in [-0.2, 0) is 4.74 Å². The summed E-state index contributed by atoms with van der Waals surface area (Å²) in [7, 11) is 3.19. The fourth-order valence-corrected chi connectivity index (χ4v) is 3.42. The molecule has 1 aromatic carbocycles. The molecule has 2 aliphatic heterocycles. The number of aliphatic imine (C=N–C) groups is 1. The third-order valence-electron chi connectivity index (χ3n) is 4.82. The first-order valence-corrected chi connectivity index (χ1v) is 9.10. The summed E-state index contributed by atoms with van der Waals surface area (Å²) in [5, 5.41) is 3.21. The molecule has 1 aromatic heterocycles. The number of hydrogen-bond acceptors (Lipinski definition) is 8. The van der Waals surface area contributed by atoms with Gasteiger partial charge in [-0.3, -0.25) is 14.7 Å². The molecule has 1 unspecified atom stereocenters. The van der Waals surface area contributed by atoms with Crippen molar-refractivity contribution in [3.05, 3.63) is 45.9 Å². The zero-order valence-electron chi connectivity index (χ0n) is 16.1. The predicted octanol–water partition coefficient (Wildman–Crippen LogP) is 1.23. The van der Waals surface area contributed by atoms with Gasteiger partial charge in [0, 0.05) is 30.4 Å². The molecule has 1 saturated heterocycles. The fraction of sp³-hybridized carbons (Fsp3) is 0.421. The zero-order valence-corrected chi connectivity index (χ0v) is 16.1. The Morgan fingerprint density at radius 1 is 1.18 bits per heavy atom. The van der Waals surface area contributed by atoms with E-state index in [1.807, 2.05) is 18.2 Å². The number of rotatable bonds is 3. The second-order valence-corrected chi connectivity index (χ2v) is 6.59. The van der Waals surface area contributed by atoms with E-state index in [0.29, 0.717) is 55.4 Å². The molecule has 9 heteroatoms. The number of aryl methyl sites for hydroxylation is 1. The molecule has 148 valence electrons. The van der Waals surface area contributed by atoms with Crippen molar-refractivity contribution < 1.29 is 14.2 Å². The number of ether oxygens (including phenoxy) is 3. The third-order valence-corrected chi connectivity index (χ3v) is 4.82. The van der Waals surface area contributed by atoms with Crippen molar-refractivity contribution in [2.75, 3.05) is 45.8 Å². The highest BCUT2D eigenvalue weighted by atomic mass is 16.5. The number of fused-ring (bicyclic) bond motifs is 1. The Morgan fingerprint density at radius 2 is 1.96 bits per heavy atom. The lowest BCUT2D eigenvalue weighted by molar-refractivity contribution is 0.0675. The van der Waals surface area contributed by atoms with Crippen LogP contribution in [0.4, 0.5) is 5.95 Å². The number of morpholine rings is 1. The van der Waals surface area contributed by atoms with Crippen molar-refractivity contribution >= 4 is 11.9 Å². The van der Waals surface area contributed by atoms with Gasteiger partial charge >= 0.3 is 0 Å². The van der Waals surface area contributed by atoms with Crippen molar-refractivity contribution in [3.63, 3.8) is 0 Å². The van der Waals surface area contributed by atoms with Crippen LogP contribution in [0, 0.1) is 6.92 Å². The van der Waals surface area contributed by atoms with Gasteiger partial charge in [0.25, 0.3) is 5.56 Å². The van der Waals surface area contributed by atoms with E-state index in [1.165, 1.54) is 10.6 Å². The highest BCUT2D eigenvalue weighted by Crippen LogP contribution is 2.35. The van der Waals surface area contributed by atoms with Crippen molar-refractivity contribution in [2.24, 2.45) is 4.99 Å². The van der Waals surface area contributed by atoms with Gasteiger partial charge in [0.2, 0.25) is 11.9 Å². The van der Waals surface area contributed by atoms with Gasteiger partial charge < -0.3 is 19.1 Å². The van der Waals surface area contributed by atoms with E-state index in [-0.39, 0.29) is 5.56 Å². The average Bonchev–Trinajstić information content (AvgIpc) is 2.72. The van der Waals surface area contributed by atoms with Gasteiger partial charge in [0.1, 0.15) is 11.5 Å². The SMILES string of the molecule is COc1ccc(OC)c(C2N=C(N3CCOCC3)Nc3nc(C)cc(=O)n32)c1. The number of nitrogens with one attached hydrogen (secondary N) is 1. The summed E-state index contributed by atoms with van der Waals surface area (Å²) in [6.45, 7) is 4.47. The van der Waals surface area contributed by atoms with Gasteiger partial charge in [-0.05, 0) is 25.1 Å². The number of methoxy groups -OCH3 is 2. The maximum atomic E-state index is 12.8. The molecule has 4 rings (SSSR count). The summed E-state index contributed by atoms with van der Waals surface area (Å²) in [6, 6.07) is 6.96. The van der Waals surface area contributed by atoms with Crippen molar-refractivity contribution in [2.45, 2.75) is 13.1 Å². The topological polar surface area (TPSA) is 90.2 Å². The summed E-state index contributed by atoms with van der Waals surface area (Å²) in [5.41, 5.74) is 1.18. The third kappa shape index (κ3) is 3.29. The fourth-order valence-electron chi connectivity index (χ4n) is 3.42. The summed E-state index contributed by atoms with van der Waals surface area (Å²) < 4.78 is 17.9. The van der Waals surface area contributed by atoms with Gasteiger partial charge in [-0.2, -0.15) is 0 Å². The number of hydrogen-bond donors (Lipinski definition) is 1. The summed E-state index contributed by atoms with van der Waals surface area (Å²) in [4.78, 5) is 24.3. The average molecular weight is 385 g/mol. The van der Waals surface area contributed by atoms with Crippen molar-refractivity contribution in [3.8, 4) is 11.5 Å². The first-order valence-electron chi connectivity index (χ1n) is 9.10. The first kappa shape index (κ1) is 18.3. The smallest absolute Gasteiger partial charge is 0.257 e. The van der Waals surface area contributed by atoms with E-state index in [0.717, 1.165) is 5.56 Å². The summed E-state index contributed by atoms with van der Waals surface area (Å²) in [5.74, 6) is 2.40. The number of aromatic nitrogens is 2. The lowest BCUT2D eigenvalue weighted by atomic mass is 10.1. The van der Waals surface area contributed by atoms with Gasteiger partial charge in [0.15, 0.2) is 6.17 Å². The van der Waals surface area contributed by atoms with Gasteiger partial charge in [-0.15, -0.1) is 0 Å². The van der Waals surface area contributed by atoms with E-state index in [9.17, 15) is 4.79 Å². The standard InChI is InChI=1S/C19H23N5O4/c1-12-10-16(25)24-17(14-11-13(26-2)4-5-15(14)27-3)21-18(22-19(24)20-12)23-6-8-28-9-7-23/h4-5,10-11,17H,6-9H2,1-3H3,(H,20,21,22). The van der Waals surface area contributed by atoms with Crippen LogP contribution in [0.1, 0.15) is 17.4 Å². The maximum Gasteiger partial charge on any atom is 0.257 e. The number of guanidine groups is 1. The molecule has 2 aromatic rings. The molecule has 0 radical (unpaired) electrons. The summed E-state index contributed by atoms with van der Waals surface area (Å²) >= 11 is 0. The first-order chi connectivity index (χ1) is 13.6. The van der Waals surface area contributed by atoms with Crippen LogP contribution in [0.25, 0.3) is 0 Å². The minimum atomic E-state index is -0.625. The highest BCUT2D eigenvalue weighted by Gasteiger charge is 2.30. The molecule has 1 N–H and O–H groups in total. The van der Waals surface area contributed by atoms with E-state index in [1.54, 1.807) is 21.1 Å². The van der Waals surface area contributed by atoms with Crippen LogP contribution >= 0.6 is 0 Å². The molecular weight excluding hydrogens is 362 g/mol. The predicted molar refractivity (Wildman–Crippen MR) is 104 cm³/mol. The second-order valence-electron chi connectivity index (χ2n) is 6.59. The van der Waals surface area contributed by atoms with Crippen molar-refractivity contribution in [1.82, 2.24) is 14.5 Å². The molecule has 0 spiro atoms. The van der Waals surface area contributed by atoms with Crippen LogP contribution < -0.4 is 20.3 Å². The lowest BCUT2D eigenvalue weighted by Gasteiger charge is -2.34.